The van der Waals surface area contributed by atoms with Crippen molar-refractivity contribution >= 4 is 11.3 Å². The maximum absolute atomic E-state index is 5.82. The van der Waals surface area contributed by atoms with Crippen LogP contribution in [0.2, 0.25) is 0 Å². The van der Waals surface area contributed by atoms with Gasteiger partial charge in [0.2, 0.25) is 0 Å². The summed E-state index contributed by atoms with van der Waals surface area (Å²) in [6.07, 6.45) is 1.99. The highest BCUT2D eigenvalue weighted by Crippen LogP contribution is 2.43. The predicted octanol–water partition coefficient (Wildman–Crippen LogP) is 3.01. The zero-order chi connectivity index (χ0) is 14.0. The Morgan fingerprint density at radius 2 is 1.95 bits per heavy atom. The van der Waals surface area contributed by atoms with Crippen molar-refractivity contribution in [2.24, 2.45) is 5.73 Å². The van der Waals surface area contributed by atoms with E-state index in [1.807, 2.05) is 0 Å². The van der Waals surface area contributed by atoms with Gasteiger partial charge in [0.15, 0.2) is 0 Å². The van der Waals surface area contributed by atoms with Crippen molar-refractivity contribution < 1.29 is 4.74 Å². The fraction of sp³-hybridized carbons (Fsp3) is 0.438. The van der Waals surface area contributed by atoms with Crippen molar-refractivity contribution in [1.29, 1.82) is 0 Å². The van der Waals surface area contributed by atoms with Gasteiger partial charge in [-0.1, -0.05) is 30.3 Å². The molecular formula is C16H20N2OS. The van der Waals surface area contributed by atoms with Crippen molar-refractivity contribution in [3.8, 4) is 0 Å². The first-order chi connectivity index (χ1) is 9.76. The lowest BCUT2D eigenvalue weighted by Crippen LogP contribution is -2.34. The van der Waals surface area contributed by atoms with Gasteiger partial charge in [0.05, 0.1) is 11.1 Å². The predicted molar refractivity (Wildman–Crippen MR) is 82.0 cm³/mol. The SMILES string of the molecule is Cc1nc(C2(c3ccccc3)CCOCC2)sc1CN. The number of nitrogens with zero attached hydrogens (tertiary/aromatic N) is 1. The van der Waals surface area contributed by atoms with Crippen molar-refractivity contribution in [3.63, 3.8) is 0 Å². The van der Waals surface area contributed by atoms with Crippen LogP contribution in [0.4, 0.5) is 0 Å². The molecule has 2 aromatic rings. The summed E-state index contributed by atoms with van der Waals surface area (Å²) < 4.78 is 5.58. The molecule has 3 nitrogen and oxygen atoms in total. The molecule has 1 aromatic heterocycles. The first kappa shape index (κ1) is 13.7. The quantitative estimate of drug-likeness (QED) is 0.944. The Balaban J connectivity index is 2.10. The van der Waals surface area contributed by atoms with E-state index in [1.165, 1.54) is 15.4 Å². The van der Waals surface area contributed by atoms with Gasteiger partial charge in [-0.25, -0.2) is 4.98 Å². The van der Waals surface area contributed by atoms with Crippen LogP contribution in [0, 0.1) is 6.92 Å². The summed E-state index contributed by atoms with van der Waals surface area (Å²) in [5, 5.41) is 1.20. The van der Waals surface area contributed by atoms with Gasteiger partial charge in [0.25, 0.3) is 0 Å². The highest BCUT2D eigenvalue weighted by Gasteiger charge is 2.39. The van der Waals surface area contributed by atoms with E-state index in [1.54, 1.807) is 11.3 Å². The molecule has 2 heterocycles. The number of thiazole rings is 1. The minimum absolute atomic E-state index is 0.00234. The van der Waals surface area contributed by atoms with E-state index in [-0.39, 0.29) is 5.41 Å². The number of hydrogen-bond donors (Lipinski definition) is 1. The van der Waals surface area contributed by atoms with Crippen molar-refractivity contribution in [2.75, 3.05) is 13.2 Å². The van der Waals surface area contributed by atoms with E-state index in [0.29, 0.717) is 6.54 Å². The smallest absolute Gasteiger partial charge is 0.104 e. The maximum atomic E-state index is 5.82. The molecule has 1 aliphatic heterocycles. The normalized spacial score (nSPS) is 18.1. The van der Waals surface area contributed by atoms with Crippen LogP contribution in [0.25, 0.3) is 0 Å². The van der Waals surface area contributed by atoms with Crippen LogP contribution >= 0.6 is 11.3 Å². The van der Waals surface area contributed by atoms with Crippen molar-refractivity contribution in [2.45, 2.75) is 31.7 Å². The highest BCUT2D eigenvalue weighted by atomic mass is 32.1. The molecule has 0 bridgehead atoms. The molecule has 1 aliphatic rings. The molecule has 0 radical (unpaired) electrons. The summed E-state index contributed by atoms with van der Waals surface area (Å²) in [7, 11) is 0. The van der Waals surface area contributed by atoms with Crippen LogP contribution in [0.1, 0.15) is 34.0 Å². The average molecular weight is 288 g/mol. The molecule has 0 atom stereocenters. The van der Waals surface area contributed by atoms with E-state index in [2.05, 4.69) is 37.3 Å². The average Bonchev–Trinajstić information content (AvgIpc) is 2.90. The molecular weight excluding hydrogens is 268 g/mol. The Kier molecular flexibility index (Phi) is 3.87. The van der Waals surface area contributed by atoms with Gasteiger partial charge < -0.3 is 10.5 Å². The Labute approximate surface area is 123 Å². The standard InChI is InChI=1S/C16H20N2OS/c1-12-14(11-17)20-15(18-12)16(7-9-19-10-8-16)13-5-3-2-4-6-13/h2-6H,7-11,17H2,1H3. The van der Waals surface area contributed by atoms with Gasteiger partial charge in [0, 0.05) is 24.6 Å². The van der Waals surface area contributed by atoms with Crippen LogP contribution in [-0.4, -0.2) is 18.2 Å². The Morgan fingerprint density at radius 3 is 2.55 bits per heavy atom. The number of rotatable bonds is 3. The first-order valence-electron chi connectivity index (χ1n) is 7.06. The Morgan fingerprint density at radius 1 is 1.25 bits per heavy atom. The number of aryl methyl sites for hydroxylation is 1. The molecule has 1 aromatic carbocycles. The van der Waals surface area contributed by atoms with Gasteiger partial charge in [-0.05, 0) is 25.3 Å². The van der Waals surface area contributed by atoms with Gasteiger partial charge >= 0.3 is 0 Å². The zero-order valence-electron chi connectivity index (χ0n) is 11.8. The van der Waals surface area contributed by atoms with Crippen LogP contribution in [0.5, 0.6) is 0 Å². The third-order valence-corrected chi connectivity index (χ3v) is 5.54. The van der Waals surface area contributed by atoms with Crippen LogP contribution < -0.4 is 5.73 Å². The lowest BCUT2D eigenvalue weighted by Gasteiger charge is -2.36. The molecule has 0 amide bonds. The van der Waals surface area contributed by atoms with E-state index < -0.39 is 0 Å². The van der Waals surface area contributed by atoms with Gasteiger partial charge in [-0.3, -0.25) is 0 Å². The fourth-order valence-corrected chi connectivity index (χ4v) is 4.14. The summed E-state index contributed by atoms with van der Waals surface area (Å²) in [6.45, 7) is 4.22. The molecule has 0 spiro atoms. The van der Waals surface area contributed by atoms with E-state index in [4.69, 9.17) is 15.5 Å². The van der Waals surface area contributed by atoms with E-state index in [0.717, 1.165) is 31.7 Å². The van der Waals surface area contributed by atoms with Crippen molar-refractivity contribution in [1.82, 2.24) is 4.98 Å². The number of ether oxygens (including phenoxy) is 1. The van der Waals surface area contributed by atoms with Gasteiger partial charge in [-0.2, -0.15) is 0 Å². The Hall–Kier alpha value is -1.23. The summed E-state index contributed by atoms with van der Waals surface area (Å²) in [6, 6.07) is 10.7. The third-order valence-electron chi connectivity index (χ3n) is 4.16. The summed E-state index contributed by atoms with van der Waals surface area (Å²) in [4.78, 5) is 6.03. The zero-order valence-corrected chi connectivity index (χ0v) is 12.6. The second kappa shape index (κ2) is 5.64. The van der Waals surface area contributed by atoms with E-state index in [9.17, 15) is 0 Å². The summed E-state index contributed by atoms with van der Waals surface area (Å²) >= 11 is 1.77. The second-order valence-electron chi connectivity index (χ2n) is 5.29. The van der Waals surface area contributed by atoms with E-state index >= 15 is 0 Å². The largest absolute Gasteiger partial charge is 0.381 e. The number of hydrogen-bond acceptors (Lipinski definition) is 4. The first-order valence-corrected chi connectivity index (χ1v) is 7.88. The monoisotopic (exact) mass is 288 g/mol. The van der Waals surface area contributed by atoms with Crippen LogP contribution in [-0.2, 0) is 16.7 Å². The molecule has 0 aliphatic carbocycles. The number of nitrogens with two attached hydrogens (primary N) is 1. The Bertz CT molecular complexity index is 573. The molecule has 2 N–H and O–H groups in total. The third kappa shape index (κ3) is 2.28. The minimum atomic E-state index is 0.00234. The van der Waals surface area contributed by atoms with Crippen LogP contribution in [0.15, 0.2) is 30.3 Å². The molecule has 4 heteroatoms. The van der Waals surface area contributed by atoms with Crippen molar-refractivity contribution in [3.05, 3.63) is 51.5 Å². The lowest BCUT2D eigenvalue weighted by atomic mass is 9.74. The second-order valence-corrected chi connectivity index (χ2v) is 6.38. The summed E-state index contributed by atoms with van der Waals surface area (Å²) in [5.74, 6) is 0. The molecule has 0 saturated carbocycles. The molecule has 0 unspecified atom stereocenters. The molecule has 3 rings (SSSR count). The molecule has 1 fully saturated rings. The molecule has 1 saturated heterocycles. The highest BCUT2D eigenvalue weighted by molar-refractivity contribution is 7.12. The number of aromatic nitrogens is 1. The molecule has 20 heavy (non-hydrogen) atoms. The lowest BCUT2D eigenvalue weighted by molar-refractivity contribution is 0.0630. The summed E-state index contributed by atoms with van der Waals surface area (Å²) in [5.41, 5.74) is 8.25. The fourth-order valence-electron chi connectivity index (χ4n) is 2.93. The minimum Gasteiger partial charge on any atom is -0.381 e. The number of benzene rings is 1. The van der Waals surface area contributed by atoms with Gasteiger partial charge in [0.1, 0.15) is 5.01 Å². The maximum Gasteiger partial charge on any atom is 0.104 e. The van der Waals surface area contributed by atoms with Gasteiger partial charge in [-0.15, -0.1) is 11.3 Å². The topological polar surface area (TPSA) is 48.1 Å². The van der Waals surface area contributed by atoms with Crippen LogP contribution in [0.3, 0.4) is 0 Å². The molecule has 106 valence electrons.